The summed E-state index contributed by atoms with van der Waals surface area (Å²) in [4.78, 5) is 0.184. The molecule has 1 aliphatic rings. The third-order valence-electron chi connectivity index (χ3n) is 5.16. The van der Waals surface area contributed by atoms with E-state index >= 15 is 0 Å². The fourth-order valence-electron chi connectivity index (χ4n) is 3.53. The van der Waals surface area contributed by atoms with Crippen molar-refractivity contribution >= 4 is 55.3 Å². The summed E-state index contributed by atoms with van der Waals surface area (Å²) in [5, 5.41) is 6.89. The Morgan fingerprint density at radius 2 is 1.66 bits per heavy atom. The molecule has 0 aliphatic carbocycles. The average Bonchev–Trinajstić information content (AvgIpc) is 3.29. The van der Waals surface area contributed by atoms with Crippen LogP contribution in [-0.2, 0) is 14.5 Å². The number of nitrogens with zero attached hydrogens (tertiary/aromatic N) is 3. The normalized spacial score (nSPS) is 16.8. The third kappa shape index (κ3) is 5.07. The van der Waals surface area contributed by atoms with Crippen LogP contribution in [0.15, 0.2) is 99.3 Å². The minimum Gasteiger partial charge on any atom is -0.240 e. The topological polar surface area (TPSA) is 62.1 Å². The molecule has 1 aliphatic heterocycles. The molecule has 32 heavy (non-hydrogen) atoms. The van der Waals surface area contributed by atoms with E-state index in [-0.39, 0.29) is 10.8 Å². The average molecular weight is 575 g/mol. The number of thioether (sulfide) groups is 1. The van der Waals surface area contributed by atoms with Gasteiger partial charge < -0.3 is 0 Å². The Morgan fingerprint density at radius 1 is 1.03 bits per heavy atom. The zero-order chi connectivity index (χ0) is 22.6. The first kappa shape index (κ1) is 23.0. The van der Waals surface area contributed by atoms with Crippen molar-refractivity contribution < 1.29 is 8.42 Å². The Bertz CT molecular complexity index is 1230. The van der Waals surface area contributed by atoms with Gasteiger partial charge in [-0.1, -0.05) is 107 Å². The van der Waals surface area contributed by atoms with E-state index in [1.807, 2.05) is 66.9 Å². The minimum absolute atomic E-state index is 0.0154. The molecule has 164 valence electrons. The maximum atomic E-state index is 13.0. The lowest BCUT2D eigenvalue weighted by atomic mass is 9.91. The van der Waals surface area contributed by atoms with Crippen LogP contribution in [0.2, 0.25) is 0 Å². The second-order valence-electron chi connectivity index (χ2n) is 7.23. The van der Waals surface area contributed by atoms with Crippen molar-refractivity contribution in [3.8, 4) is 0 Å². The lowest BCUT2D eigenvalue weighted by Gasteiger charge is -2.17. The van der Waals surface area contributed by atoms with Gasteiger partial charge in [-0.2, -0.15) is 13.5 Å². The fraction of sp³-hybridized carbons (Fsp3) is 0.167. The monoisotopic (exact) mass is 575 g/mol. The number of rotatable bonds is 5. The van der Waals surface area contributed by atoms with E-state index in [0.29, 0.717) is 11.7 Å². The quantitative estimate of drug-likeness (QED) is 0.174. The van der Waals surface area contributed by atoms with Crippen molar-refractivity contribution in [3.63, 3.8) is 0 Å². The Hall–Kier alpha value is -2.17. The summed E-state index contributed by atoms with van der Waals surface area (Å²) in [5.74, 6) is 0.0154. The van der Waals surface area contributed by atoms with Gasteiger partial charge in [-0.3, -0.25) is 0 Å². The van der Waals surface area contributed by atoms with Gasteiger partial charge in [0.2, 0.25) is 0 Å². The number of benzene rings is 3. The van der Waals surface area contributed by atoms with Gasteiger partial charge in [0, 0.05) is 10.3 Å². The summed E-state index contributed by atoms with van der Waals surface area (Å²) >= 11 is 3.53. The molecule has 1 atom stereocenters. The highest BCUT2D eigenvalue weighted by Gasteiger charge is 2.32. The molecule has 1 unspecified atom stereocenters. The molecule has 0 bridgehead atoms. The van der Waals surface area contributed by atoms with Crippen LogP contribution < -0.4 is 0 Å². The first-order valence-electron chi connectivity index (χ1n) is 10.0. The van der Waals surface area contributed by atoms with Crippen molar-refractivity contribution in [1.29, 1.82) is 0 Å². The predicted molar refractivity (Wildman–Crippen MR) is 141 cm³/mol. The molecule has 8 heteroatoms. The molecule has 5 nitrogen and oxygen atoms in total. The maximum Gasteiger partial charge on any atom is 0.284 e. The van der Waals surface area contributed by atoms with E-state index in [2.05, 4.69) is 39.1 Å². The highest BCUT2D eigenvalue weighted by Crippen LogP contribution is 2.30. The summed E-state index contributed by atoms with van der Waals surface area (Å²) in [6, 6.07) is 27.0. The lowest BCUT2D eigenvalue weighted by molar-refractivity contribution is 0.484. The lowest BCUT2D eigenvalue weighted by Crippen LogP contribution is -2.24. The second kappa shape index (κ2) is 10.2. The van der Waals surface area contributed by atoms with Gasteiger partial charge in [0.15, 0.2) is 5.17 Å². The number of hydrogen-bond acceptors (Lipinski definition) is 4. The van der Waals surface area contributed by atoms with Gasteiger partial charge in [-0.05, 0) is 35.1 Å². The predicted octanol–water partition coefficient (Wildman–Crippen LogP) is 5.53. The van der Waals surface area contributed by atoms with Crippen molar-refractivity contribution in [1.82, 2.24) is 5.01 Å². The first-order chi connectivity index (χ1) is 15.5. The molecule has 1 heterocycles. The van der Waals surface area contributed by atoms with Crippen LogP contribution in [0, 0.1) is 0 Å². The summed E-state index contributed by atoms with van der Waals surface area (Å²) in [7, 11) is -3.84. The minimum atomic E-state index is -3.84. The number of hydrogen-bond donors (Lipinski definition) is 0. The van der Waals surface area contributed by atoms with Crippen LogP contribution in [-0.4, -0.2) is 37.1 Å². The van der Waals surface area contributed by atoms with Crippen LogP contribution in [0.25, 0.3) is 0 Å². The fourth-order valence-corrected chi connectivity index (χ4v) is 5.85. The highest BCUT2D eigenvalue weighted by molar-refractivity contribution is 14.1. The second-order valence-corrected chi connectivity index (χ2v) is 10.4. The van der Waals surface area contributed by atoms with Crippen molar-refractivity contribution in [2.24, 2.45) is 9.50 Å². The zero-order valence-corrected chi connectivity index (χ0v) is 21.2. The van der Waals surface area contributed by atoms with Crippen LogP contribution in [0.1, 0.15) is 22.6 Å². The maximum absolute atomic E-state index is 13.0. The van der Waals surface area contributed by atoms with E-state index in [0.717, 1.165) is 26.8 Å². The summed E-state index contributed by atoms with van der Waals surface area (Å²) in [6.07, 6.45) is 1.82. The van der Waals surface area contributed by atoms with Gasteiger partial charge in [0.1, 0.15) is 0 Å². The first-order valence-corrected chi connectivity index (χ1v) is 14.2. The highest BCUT2D eigenvalue weighted by atomic mass is 127. The molecule has 0 fully saturated rings. The Balaban J connectivity index is 1.71. The van der Waals surface area contributed by atoms with E-state index in [4.69, 9.17) is 5.10 Å². The van der Waals surface area contributed by atoms with Crippen molar-refractivity contribution in [2.75, 3.05) is 12.8 Å². The number of halogens is 1. The molecule has 0 spiro atoms. The molecule has 0 saturated carbocycles. The number of amidine groups is 1. The van der Waals surface area contributed by atoms with E-state index in [1.165, 1.54) is 11.8 Å². The molecule has 3 aromatic carbocycles. The van der Waals surface area contributed by atoms with Crippen LogP contribution in [0.3, 0.4) is 0 Å². The van der Waals surface area contributed by atoms with E-state index < -0.39 is 10.0 Å². The van der Waals surface area contributed by atoms with Gasteiger partial charge in [-0.25, -0.2) is 5.01 Å². The summed E-state index contributed by atoms with van der Waals surface area (Å²) < 4.78 is 30.9. The van der Waals surface area contributed by atoms with Gasteiger partial charge in [0.05, 0.1) is 17.2 Å². The summed E-state index contributed by atoms with van der Waals surface area (Å²) in [6.45, 7) is 0.525. The van der Waals surface area contributed by atoms with Crippen LogP contribution in [0.4, 0.5) is 0 Å². The van der Waals surface area contributed by atoms with Crippen molar-refractivity contribution in [2.45, 2.75) is 15.2 Å². The Labute approximate surface area is 206 Å². The molecule has 0 saturated heterocycles. The molecule has 3 aromatic rings. The van der Waals surface area contributed by atoms with Crippen LogP contribution in [0.5, 0.6) is 0 Å². The number of hydrazone groups is 1. The summed E-state index contributed by atoms with van der Waals surface area (Å²) in [5.41, 5.74) is 4.13. The largest absolute Gasteiger partial charge is 0.284 e. The van der Waals surface area contributed by atoms with Gasteiger partial charge in [0.25, 0.3) is 10.0 Å². The van der Waals surface area contributed by atoms with E-state index in [1.54, 1.807) is 17.1 Å². The molecule has 0 N–H and O–H groups in total. The van der Waals surface area contributed by atoms with Crippen LogP contribution >= 0.6 is 34.4 Å². The smallest absolute Gasteiger partial charge is 0.240 e. The standard InChI is InChI=1S/C24H22IN3O2S2/c1-31-24(27-32(29,30)21-14-12-18(16-25)13-15-21)28-17-22(19-8-4-2-5-9-19)23(26-28)20-10-6-3-7-11-20/h2-15,22H,16-17H2,1H3/b27-24-. The molecule has 0 amide bonds. The number of sulfonamides is 1. The SMILES string of the molecule is CS/C(=N\S(=O)(=O)c1ccc(CI)cc1)N1CC(c2ccccc2)C(c2ccccc2)=N1. The third-order valence-corrected chi connectivity index (χ3v) is 8.11. The molecular formula is C24H22IN3O2S2. The van der Waals surface area contributed by atoms with Gasteiger partial charge in [-0.15, -0.1) is 4.40 Å². The molecule has 0 aromatic heterocycles. The van der Waals surface area contributed by atoms with E-state index in [9.17, 15) is 8.42 Å². The van der Waals surface area contributed by atoms with Crippen molar-refractivity contribution in [3.05, 3.63) is 102 Å². The number of alkyl halides is 1. The molecule has 4 rings (SSSR count). The Kier molecular flexibility index (Phi) is 7.32. The Morgan fingerprint density at radius 3 is 2.25 bits per heavy atom. The molecular weight excluding hydrogens is 553 g/mol. The van der Waals surface area contributed by atoms with Gasteiger partial charge >= 0.3 is 0 Å². The zero-order valence-electron chi connectivity index (χ0n) is 17.4. The molecule has 0 radical (unpaired) electrons.